The van der Waals surface area contributed by atoms with E-state index in [1.54, 1.807) is 30.3 Å². The number of amides is 1. The third kappa shape index (κ3) is 4.01. The summed E-state index contributed by atoms with van der Waals surface area (Å²) in [4.78, 5) is 12.1. The van der Waals surface area contributed by atoms with Crippen molar-refractivity contribution in [3.05, 3.63) is 81.7 Å². The minimum atomic E-state index is -3.28. The molecule has 33 heavy (non-hydrogen) atoms. The molecule has 1 aliphatic carbocycles. The van der Waals surface area contributed by atoms with Crippen LogP contribution in [-0.2, 0) is 21.6 Å². The molecule has 1 unspecified atom stereocenters. The second-order valence-corrected chi connectivity index (χ2v) is 8.06. The Bertz CT molecular complexity index is 1160. The molecule has 0 radical (unpaired) electrons. The summed E-state index contributed by atoms with van der Waals surface area (Å²) in [6.45, 7) is -3.29. The molecular weight excluding hydrogens is 464 g/mol. The van der Waals surface area contributed by atoms with Gasteiger partial charge in [-0.1, -0.05) is 54.1 Å². The average molecular weight is 483 g/mol. The van der Waals surface area contributed by atoms with Crippen molar-refractivity contribution in [3.8, 4) is 5.75 Å². The molecule has 174 valence electrons. The van der Waals surface area contributed by atoms with E-state index < -0.39 is 46.8 Å². The van der Waals surface area contributed by atoms with E-state index in [4.69, 9.17) is 27.8 Å². The zero-order chi connectivity index (χ0) is 23.9. The number of halogens is 5. The van der Waals surface area contributed by atoms with Crippen molar-refractivity contribution in [1.29, 1.82) is 0 Å². The minimum Gasteiger partial charge on any atom is -0.480 e. The van der Waals surface area contributed by atoms with Crippen LogP contribution in [-0.4, -0.2) is 31.3 Å². The summed E-state index contributed by atoms with van der Waals surface area (Å²) in [5.41, 5.74) is 10.3. The van der Waals surface area contributed by atoms with Gasteiger partial charge in [0.15, 0.2) is 11.8 Å². The van der Waals surface area contributed by atoms with Gasteiger partial charge in [-0.3, -0.25) is 4.79 Å². The lowest BCUT2D eigenvalue weighted by molar-refractivity contribution is -0.159. The second-order valence-electron chi connectivity index (χ2n) is 7.68. The van der Waals surface area contributed by atoms with E-state index in [0.717, 1.165) is 18.2 Å². The maximum atomic E-state index is 15.5. The van der Waals surface area contributed by atoms with Crippen molar-refractivity contribution in [2.75, 3.05) is 6.54 Å². The highest BCUT2D eigenvalue weighted by Gasteiger charge is 2.45. The number of hydrogen-bond acceptors (Lipinski definition) is 4. The van der Waals surface area contributed by atoms with Crippen LogP contribution in [0.15, 0.2) is 54.1 Å². The Kier molecular flexibility index (Phi) is 6.22. The third-order valence-corrected chi connectivity index (χ3v) is 6.15. The van der Waals surface area contributed by atoms with E-state index >= 15 is 4.39 Å². The molecule has 3 atom stereocenters. The van der Waals surface area contributed by atoms with Crippen LogP contribution in [0.1, 0.15) is 16.7 Å². The van der Waals surface area contributed by atoms with Crippen molar-refractivity contribution in [1.82, 2.24) is 0 Å². The standard InChI is InChI=1S/C23H19ClF4N2O3/c24-19-14(25)8-16-13(9-23(10-29,33-16)11-4-2-1-3-5-11)17(19)18-12(21(30)31)6-7-15(20(18)26)32-22(27)28/h1-8,15,20,22H,9-10,29H2,(H2,30,31)/t15-,20?,23+/m0/s1. The molecule has 1 amide bonds. The summed E-state index contributed by atoms with van der Waals surface area (Å²) in [6.07, 6.45) is -1.94. The third-order valence-electron chi connectivity index (χ3n) is 5.79. The largest absolute Gasteiger partial charge is 0.480 e. The lowest BCUT2D eigenvalue weighted by Gasteiger charge is -2.28. The number of benzene rings is 2. The second kappa shape index (κ2) is 8.81. The first-order valence-electron chi connectivity index (χ1n) is 9.94. The van der Waals surface area contributed by atoms with Gasteiger partial charge in [-0.15, -0.1) is 0 Å². The molecule has 5 nitrogen and oxygen atoms in total. The number of hydrogen-bond donors (Lipinski definition) is 2. The van der Waals surface area contributed by atoms with Gasteiger partial charge >= 0.3 is 6.61 Å². The van der Waals surface area contributed by atoms with Crippen molar-refractivity contribution < 1.29 is 31.8 Å². The highest BCUT2D eigenvalue weighted by atomic mass is 35.5. The summed E-state index contributed by atoms with van der Waals surface area (Å²) in [5, 5.41) is -0.499. The van der Waals surface area contributed by atoms with Crippen LogP contribution in [0.25, 0.3) is 5.57 Å². The number of ether oxygens (including phenoxy) is 2. The molecule has 2 aromatic carbocycles. The average Bonchev–Trinajstić information content (AvgIpc) is 3.16. The van der Waals surface area contributed by atoms with Crippen LogP contribution in [0.3, 0.4) is 0 Å². The molecule has 4 N–H and O–H groups in total. The molecule has 0 aromatic heterocycles. The van der Waals surface area contributed by atoms with Crippen LogP contribution in [0.5, 0.6) is 5.75 Å². The molecule has 10 heteroatoms. The number of primary amides is 1. The first-order chi connectivity index (χ1) is 15.7. The van der Waals surface area contributed by atoms with Crippen molar-refractivity contribution >= 4 is 23.1 Å². The van der Waals surface area contributed by atoms with Gasteiger partial charge in [0.1, 0.15) is 17.7 Å². The predicted molar refractivity (Wildman–Crippen MR) is 114 cm³/mol. The minimum absolute atomic E-state index is 0.0117. The Balaban J connectivity index is 1.92. The van der Waals surface area contributed by atoms with E-state index in [2.05, 4.69) is 4.74 Å². The molecule has 0 spiro atoms. The number of rotatable bonds is 6. The van der Waals surface area contributed by atoms with Gasteiger partial charge in [0.2, 0.25) is 5.91 Å². The fourth-order valence-electron chi connectivity index (χ4n) is 4.27. The summed E-state index contributed by atoms with van der Waals surface area (Å²) >= 11 is 6.25. The monoisotopic (exact) mass is 482 g/mol. The van der Waals surface area contributed by atoms with Crippen molar-refractivity contribution in [3.63, 3.8) is 0 Å². The molecule has 0 bridgehead atoms. The fourth-order valence-corrected chi connectivity index (χ4v) is 4.54. The first kappa shape index (κ1) is 23.3. The summed E-state index contributed by atoms with van der Waals surface area (Å²) in [6, 6.07) is 9.95. The number of fused-ring (bicyclic) bond motifs is 1. The topological polar surface area (TPSA) is 87.6 Å². The molecule has 0 fully saturated rings. The van der Waals surface area contributed by atoms with Crippen molar-refractivity contribution in [2.45, 2.75) is 30.9 Å². The Morgan fingerprint density at radius 1 is 1.30 bits per heavy atom. The van der Waals surface area contributed by atoms with Crippen LogP contribution in [0.2, 0.25) is 5.02 Å². The highest BCUT2D eigenvalue weighted by Crippen LogP contribution is 2.49. The van der Waals surface area contributed by atoms with Gasteiger partial charge in [-0.25, -0.2) is 8.78 Å². The molecule has 1 aliphatic heterocycles. The van der Waals surface area contributed by atoms with Gasteiger partial charge in [0, 0.05) is 41.3 Å². The zero-order valence-electron chi connectivity index (χ0n) is 17.0. The van der Waals surface area contributed by atoms with Gasteiger partial charge in [0.05, 0.1) is 5.02 Å². The molecule has 4 rings (SSSR count). The van der Waals surface area contributed by atoms with Gasteiger partial charge < -0.3 is 20.9 Å². The molecule has 2 aliphatic rings. The number of carbonyl (C=O) groups is 1. The summed E-state index contributed by atoms with van der Waals surface area (Å²) < 4.78 is 66.4. The quantitative estimate of drug-likeness (QED) is 0.609. The van der Waals surface area contributed by atoms with Gasteiger partial charge in [-0.05, 0) is 5.56 Å². The molecule has 1 heterocycles. The number of nitrogens with two attached hydrogens (primary N) is 2. The van der Waals surface area contributed by atoms with Crippen LogP contribution in [0, 0.1) is 5.82 Å². The number of carbonyl (C=O) groups excluding carboxylic acids is 1. The number of alkyl halides is 3. The Morgan fingerprint density at radius 3 is 2.61 bits per heavy atom. The Labute approximate surface area is 191 Å². The normalized spacial score (nSPS) is 24.2. The first-order valence-corrected chi connectivity index (χ1v) is 10.3. The fraction of sp³-hybridized carbons (Fsp3) is 0.261. The van der Waals surface area contributed by atoms with Gasteiger partial charge in [0.25, 0.3) is 0 Å². The molecule has 0 saturated carbocycles. The smallest absolute Gasteiger partial charge is 0.345 e. The van der Waals surface area contributed by atoms with E-state index in [1.165, 1.54) is 0 Å². The summed E-state index contributed by atoms with van der Waals surface area (Å²) in [7, 11) is 0. The lowest BCUT2D eigenvalue weighted by atomic mass is 9.82. The lowest BCUT2D eigenvalue weighted by Crippen LogP contribution is -2.39. The maximum absolute atomic E-state index is 15.5. The van der Waals surface area contributed by atoms with E-state index in [0.29, 0.717) is 5.56 Å². The molecular formula is C23H19ClF4N2O3. The Morgan fingerprint density at radius 2 is 2.00 bits per heavy atom. The Hall–Kier alpha value is -2.88. The maximum Gasteiger partial charge on any atom is 0.345 e. The molecule has 0 saturated heterocycles. The van der Waals surface area contributed by atoms with Crippen LogP contribution < -0.4 is 16.2 Å². The van der Waals surface area contributed by atoms with E-state index in [9.17, 15) is 18.0 Å². The zero-order valence-corrected chi connectivity index (χ0v) is 17.8. The van der Waals surface area contributed by atoms with Crippen molar-refractivity contribution in [2.24, 2.45) is 11.5 Å². The molecule has 2 aromatic rings. The van der Waals surface area contributed by atoms with Gasteiger partial charge in [-0.2, -0.15) is 8.78 Å². The predicted octanol–water partition coefficient (Wildman–Crippen LogP) is 4.02. The SMILES string of the molecule is NC[C@@]1(c2ccccc2)Cc2c(cc(F)c(Cl)c2C2=C(C(N)=O)C=C[C@H](OC(F)F)C2F)O1. The highest BCUT2D eigenvalue weighted by molar-refractivity contribution is 6.33. The van der Waals surface area contributed by atoms with E-state index in [-0.39, 0.29) is 35.4 Å². The van der Waals surface area contributed by atoms with Crippen LogP contribution >= 0.6 is 11.6 Å². The summed E-state index contributed by atoms with van der Waals surface area (Å²) in [5.74, 6) is -1.94. The van der Waals surface area contributed by atoms with Crippen LogP contribution in [0.4, 0.5) is 17.6 Å². The van der Waals surface area contributed by atoms with E-state index in [1.807, 2.05) is 0 Å².